The van der Waals surface area contributed by atoms with E-state index in [1.54, 1.807) is 6.07 Å². The molecule has 0 N–H and O–H groups in total. The second kappa shape index (κ2) is 7.52. The Bertz CT molecular complexity index is 1010. The van der Waals surface area contributed by atoms with Gasteiger partial charge in [0.2, 0.25) is 15.8 Å². The minimum atomic E-state index is -3.74. The average Bonchev–Trinajstić information content (AvgIpc) is 3.16. The number of sulfonamides is 1. The number of hydrogen-bond donors (Lipinski definition) is 0. The zero-order valence-electron chi connectivity index (χ0n) is 15.5. The molecule has 28 heavy (non-hydrogen) atoms. The lowest BCUT2D eigenvalue weighted by Gasteiger charge is -2.25. The van der Waals surface area contributed by atoms with Gasteiger partial charge in [0, 0.05) is 19.2 Å². The normalized spacial score (nSPS) is 17.3. The molecule has 0 amide bonds. The predicted molar refractivity (Wildman–Crippen MR) is 104 cm³/mol. The maximum Gasteiger partial charge on any atom is 0.312 e. The first-order chi connectivity index (χ1) is 13.4. The van der Waals surface area contributed by atoms with Crippen molar-refractivity contribution in [3.8, 4) is 11.5 Å². The first kappa shape index (κ1) is 18.9. The molecule has 4 rings (SSSR count). The Hall–Kier alpha value is -2.45. The summed E-state index contributed by atoms with van der Waals surface area (Å²) in [4.78, 5) is 10.9. The SMILES string of the molecule is O=[N+]([O-])c1cc(S(=O)(=O)N2CCCCC2)ccc1Oc1ccc2c(c1)CCC2. The molecule has 8 heteroatoms. The average molecular weight is 402 g/mol. The highest BCUT2D eigenvalue weighted by molar-refractivity contribution is 7.89. The van der Waals surface area contributed by atoms with Crippen LogP contribution in [-0.2, 0) is 22.9 Å². The van der Waals surface area contributed by atoms with Gasteiger partial charge in [0.05, 0.1) is 9.82 Å². The fourth-order valence-electron chi connectivity index (χ4n) is 3.88. The van der Waals surface area contributed by atoms with Crippen molar-refractivity contribution in [1.82, 2.24) is 4.31 Å². The highest BCUT2D eigenvalue weighted by Crippen LogP contribution is 2.36. The zero-order valence-corrected chi connectivity index (χ0v) is 16.3. The maximum absolute atomic E-state index is 12.8. The van der Waals surface area contributed by atoms with E-state index in [4.69, 9.17) is 4.74 Å². The van der Waals surface area contributed by atoms with Crippen LogP contribution in [0.2, 0.25) is 0 Å². The van der Waals surface area contributed by atoms with E-state index in [2.05, 4.69) is 0 Å². The topological polar surface area (TPSA) is 89.8 Å². The number of nitro groups is 1. The van der Waals surface area contributed by atoms with E-state index in [1.807, 2.05) is 12.1 Å². The predicted octanol–water partition coefficient (Wildman–Crippen LogP) is 4.05. The molecule has 1 aliphatic heterocycles. The Morgan fingerprint density at radius 2 is 1.68 bits per heavy atom. The quantitative estimate of drug-likeness (QED) is 0.556. The van der Waals surface area contributed by atoms with Crippen LogP contribution in [-0.4, -0.2) is 30.7 Å². The van der Waals surface area contributed by atoms with Gasteiger partial charge in [0.15, 0.2) is 0 Å². The van der Waals surface area contributed by atoms with Crippen LogP contribution < -0.4 is 4.74 Å². The third-order valence-corrected chi connectivity index (χ3v) is 7.27. The van der Waals surface area contributed by atoms with Gasteiger partial charge in [0.25, 0.3) is 0 Å². The summed E-state index contributed by atoms with van der Waals surface area (Å²) in [7, 11) is -3.74. The third kappa shape index (κ3) is 3.62. The maximum atomic E-state index is 12.8. The first-order valence-electron chi connectivity index (χ1n) is 9.53. The molecule has 1 heterocycles. The number of fused-ring (bicyclic) bond motifs is 1. The van der Waals surface area contributed by atoms with Gasteiger partial charge < -0.3 is 4.74 Å². The van der Waals surface area contributed by atoms with E-state index in [0.29, 0.717) is 18.8 Å². The van der Waals surface area contributed by atoms with Crippen LogP contribution in [0.1, 0.15) is 36.8 Å². The molecule has 1 aliphatic carbocycles. The lowest BCUT2D eigenvalue weighted by Crippen LogP contribution is -2.35. The van der Waals surface area contributed by atoms with Gasteiger partial charge in [-0.2, -0.15) is 4.31 Å². The molecule has 1 saturated heterocycles. The monoisotopic (exact) mass is 402 g/mol. The number of rotatable bonds is 5. The standard InChI is InChI=1S/C20H22N2O5S/c23-22(24)19-14-18(28(25,26)21-11-2-1-3-12-21)9-10-20(19)27-17-8-7-15-5-4-6-16(15)13-17/h7-10,13-14H,1-6,11-12H2. The second-order valence-electron chi connectivity index (χ2n) is 7.24. The summed E-state index contributed by atoms with van der Waals surface area (Å²) >= 11 is 0. The highest BCUT2D eigenvalue weighted by atomic mass is 32.2. The van der Waals surface area contributed by atoms with Gasteiger partial charge in [0.1, 0.15) is 5.75 Å². The lowest BCUT2D eigenvalue weighted by atomic mass is 10.1. The Labute approximate surface area is 164 Å². The summed E-state index contributed by atoms with van der Waals surface area (Å²) in [6.45, 7) is 0.896. The number of nitrogens with zero attached hydrogens (tertiary/aromatic N) is 2. The Balaban J connectivity index is 1.65. The van der Waals surface area contributed by atoms with E-state index >= 15 is 0 Å². The van der Waals surface area contributed by atoms with E-state index in [9.17, 15) is 18.5 Å². The summed E-state index contributed by atoms with van der Waals surface area (Å²) in [5.74, 6) is 0.566. The van der Waals surface area contributed by atoms with Gasteiger partial charge >= 0.3 is 5.69 Å². The van der Waals surface area contributed by atoms with Crippen molar-refractivity contribution in [1.29, 1.82) is 0 Å². The first-order valence-corrected chi connectivity index (χ1v) is 11.0. The van der Waals surface area contributed by atoms with Gasteiger partial charge in [-0.1, -0.05) is 12.5 Å². The Morgan fingerprint density at radius 3 is 2.43 bits per heavy atom. The van der Waals surface area contributed by atoms with Crippen LogP contribution in [0, 0.1) is 10.1 Å². The highest BCUT2D eigenvalue weighted by Gasteiger charge is 2.29. The minimum Gasteiger partial charge on any atom is -0.450 e. The van der Waals surface area contributed by atoms with E-state index < -0.39 is 14.9 Å². The fraction of sp³-hybridized carbons (Fsp3) is 0.400. The van der Waals surface area contributed by atoms with Crippen molar-refractivity contribution in [2.24, 2.45) is 0 Å². The molecule has 7 nitrogen and oxygen atoms in total. The van der Waals surface area contributed by atoms with Crippen molar-refractivity contribution >= 4 is 15.7 Å². The number of nitro benzene ring substituents is 1. The van der Waals surface area contributed by atoms with Crippen molar-refractivity contribution in [3.05, 3.63) is 57.6 Å². The lowest BCUT2D eigenvalue weighted by molar-refractivity contribution is -0.385. The number of aryl methyl sites for hydroxylation is 2. The molecule has 148 valence electrons. The largest absolute Gasteiger partial charge is 0.450 e. The van der Waals surface area contributed by atoms with Crippen LogP contribution in [0.25, 0.3) is 0 Å². The fourth-order valence-corrected chi connectivity index (χ4v) is 5.42. The summed E-state index contributed by atoms with van der Waals surface area (Å²) in [5, 5.41) is 11.6. The van der Waals surface area contributed by atoms with Gasteiger partial charge in [-0.15, -0.1) is 0 Å². The molecule has 2 aliphatic rings. The molecule has 0 atom stereocenters. The van der Waals surface area contributed by atoms with Crippen molar-refractivity contribution < 1.29 is 18.1 Å². The van der Waals surface area contributed by atoms with Gasteiger partial charge in [-0.3, -0.25) is 10.1 Å². The van der Waals surface area contributed by atoms with E-state index in [-0.39, 0.29) is 16.3 Å². The Kier molecular flexibility index (Phi) is 5.07. The molecule has 2 aromatic carbocycles. The Morgan fingerprint density at radius 1 is 0.929 bits per heavy atom. The number of hydrogen-bond acceptors (Lipinski definition) is 5. The molecule has 0 bridgehead atoms. The number of benzene rings is 2. The molecular formula is C20H22N2O5S. The van der Waals surface area contributed by atoms with Crippen molar-refractivity contribution in [2.75, 3.05) is 13.1 Å². The smallest absolute Gasteiger partial charge is 0.312 e. The molecule has 0 saturated carbocycles. The van der Waals surface area contributed by atoms with Crippen LogP contribution in [0.15, 0.2) is 41.3 Å². The zero-order chi connectivity index (χ0) is 19.7. The summed E-state index contributed by atoms with van der Waals surface area (Å²) in [6.07, 6.45) is 5.73. The molecule has 0 aromatic heterocycles. The van der Waals surface area contributed by atoms with Crippen LogP contribution >= 0.6 is 0 Å². The molecule has 1 fully saturated rings. The minimum absolute atomic E-state index is 0.0422. The molecule has 0 unspecified atom stereocenters. The molecule has 2 aromatic rings. The molecule has 0 radical (unpaired) electrons. The van der Waals surface area contributed by atoms with Crippen molar-refractivity contribution in [2.45, 2.75) is 43.4 Å². The van der Waals surface area contributed by atoms with Crippen molar-refractivity contribution in [3.63, 3.8) is 0 Å². The summed E-state index contributed by atoms with van der Waals surface area (Å²) in [6, 6.07) is 9.56. The van der Waals surface area contributed by atoms with Crippen LogP contribution in [0.3, 0.4) is 0 Å². The summed E-state index contributed by atoms with van der Waals surface area (Å²) < 4.78 is 32.8. The van der Waals surface area contributed by atoms with Crippen LogP contribution in [0.4, 0.5) is 5.69 Å². The van der Waals surface area contributed by atoms with Gasteiger partial charge in [-0.25, -0.2) is 8.42 Å². The number of piperidine rings is 1. The van der Waals surface area contributed by atoms with E-state index in [1.165, 1.54) is 27.6 Å². The van der Waals surface area contributed by atoms with Gasteiger partial charge in [-0.05, 0) is 67.5 Å². The van der Waals surface area contributed by atoms with E-state index in [0.717, 1.165) is 44.6 Å². The third-order valence-electron chi connectivity index (χ3n) is 5.38. The van der Waals surface area contributed by atoms with Crippen LogP contribution in [0.5, 0.6) is 11.5 Å². The molecular weight excluding hydrogens is 380 g/mol. The summed E-state index contributed by atoms with van der Waals surface area (Å²) in [5.41, 5.74) is 2.13. The molecule has 0 spiro atoms. The second-order valence-corrected chi connectivity index (χ2v) is 9.18. The number of ether oxygens (including phenoxy) is 1.